The summed E-state index contributed by atoms with van der Waals surface area (Å²) in [4.78, 5) is 1.89. The molecular formula is C8H20N2O3S. The molecule has 0 aliphatic rings. The third-order valence-corrected chi connectivity index (χ3v) is 2.69. The predicted octanol–water partition coefficient (Wildman–Crippen LogP) is -1.06. The van der Waals surface area contributed by atoms with Gasteiger partial charge in [-0.15, -0.1) is 0 Å². The molecule has 0 aromatic heterocycles. The van der Waals surface area contributed by atoms with Crippen molar-refractivity contribution in [1.29, 1.82) is 0 Å². The van der Waals surface area contributed by atoms with Crippen LogP contribution in [0.1, 0.15) is 0 Å². The highest BCUT2D eigenvalue weighted by Crippen LogP contribution is 1.90. The minimum Gasteiger partial charge on any atom is -0.383 e. The molecular weight excluding hydrogens is 204 g/mol. The first-order valence-corrected chi connectivity index (χ1v) is 6.52. The van der Waals surface area contributed by atoms with Gasteiger partial charge in [0.1, 0.15) is 9.84 Å². The molecule has 0 amide bonds. The number of rotatable bonds is 7. The Morgan fingerprint density at radius 3 is 2.50 bits per heavy atom. The van der Waals surface area contributed by atoms with Crippen LogP contribution < -0.4 is 5.73 Å². The van der Waals surface area contributed by atoms with Crippen LogP contribution >= 0.6 is 0 Å². The van der Waals surface area contributed by atoms with Crippen molar-refractivity contribution in [2.75, 3.05) is 45.9 Å². The normalized spacial score (nSPS) is 14.6. The number of ether oxygens (including phenoxy) is 1. The van der Waals surface area contributed by atoms with Gasteiger partial charge in [0.15, 0.2) is 0 Å². The Balaban J connectivity index is 3.70. The zero-order chi connectivity index (χ0) is 11.2. The van der Waals surface area contributed by atoms with E-state index >= 15 is 0 Å². The average Bonchev–Trinajstić information content (AvgIpc) is 2.00. The zero-order valence-electron chi connectivity index (χ0n) is 9.06. The molecule has 0 radical (unpaired) electrons. The van der Waals surface area contributed by atoms with Crippen LogP contribution in [0.3, 0.4) is 0 Å². The van der Waals surface area contributed by atoms with Crippen molar-refractivity contribution < 1.29 is 13.2 Å². The second-order valence-electron chi connectivity index (χ2n) is 3.61. The second-order valence-corrected chi connectivity index (χ2v) is 5.87. The first-order chi connectivity index (χ1) is 6.35. The summed E-state index contributed by atoms with van der Waals surface area (Å²) in [6, 6.07) is -0.0652. The van der Waals surface area contributed by atoms with Crippen LogP contribution in [-0.2, 0) is 14.6 Å². The summed E-state index contributed by atoms with van der Waals surface area (Å²) >= 11 is 0. The summed E-state index contributed by atoms with van der Waals surface area (Å²) in [6.07, 6.45) is 1.23. The summed E-state index contributed by atoms with van der Waals surface area (Å²) in [6.45, 7) is 1.64. The van der Waals surface area contributed by atoms with Gasteiger partial charge in [-0.3, -0.25) is 0 Å². The molecule has 0 aliphatic heterocycles. The van der Waals surface area contributed by atoms with E-state index < -0.39 is 9.84 Å². The minimum absolute atomic E-state index is 0.0652. The van der Waals surface area contributed by atoms with E-state index in [4.69, 9.17) is 10.5 Å². The van der Waals surface area contributed by atoms with E-state index in [1.165, 1.54) is 6.26 Å². The Bertz CT molecular complexity index is 241. The molecule has 14 heavy (non-hydrogen) atoms. The molecule has 86 valence electrons. The Morgan fingerprint density at radius 2 is 2.07 bits per heavy atom. The van der Waals surface area contributed by atoms with E-state index in [0.29, 0.717) is 19.7 Å². The van der Waals surface area contributed by atoms with Gasteiger partial charge in [0.25, 0.3) is 0 Å². The van der Waals surface area contributed by atoms with Crippen LogP contribution in [0.15, 0.2) is 0 Å². The van der Waals surface area contributed by atoms with Gasteiger partial charge in [0.05, 0.1) is 12.4 Å². The van der Waals surface area contributed by atoms with E-state index in [1.807, 2.05) is 11.9 Å². The van der Waals surface area contributed by atoms with Gasteiger partial charge in [-0.05, 0) is 7.05 Å². The van der Waals surface area contributed by atoms with Crippen LogP contribution in [0.5, 0.6) is 0 Å². The molecule has 0 heterocycles. The molecule has 0 aromatic rings. The summed E-state index contributed by atoms with van der Waals surface area (Å²) in [5.41, 5.74) is 5.71. The third-order valence-electron chi connectivity index (χ3n) is 1.77. The molecule has 0 saturated heterocycles. The second kappa shape index (κ2) is 6.34. The maximum Gasteiger partial charge on any atom is 0.148 e. The number of likely N-dealkylation sites (N-methyl/N-ethyl adjacent to an activating group) is 1. The van der Waals surface area contributed by atoms with Crippen molar-refractivity contribution in [2.24, 2.45) is 5.73 Å². The minimum atomic E-state index is -2.88. The lowest BCUT2D eigenvalue weighted by Gasteiger charge is -2.20. The molecule has 6 heteroatoms. The third kappa shape index (κ3) is 8.43. The van der Waals surface area contributed by atoms with E-state index in [1.54, 1.807) is 7.11 Å². The Hall–Kier alpha value is -0.170. The number of hydrogen-bond donors (Lipinski definition) is 1. The highest BCUT2D eigenvalue weighted by atomic mass is 32.2. The topological polar surface area (TPSA) is 72.6 Å². The van der Waals surface area contributed by atoms with Crippen LogP contribution in [-0.4, -0.2) is 65.2 Å². The zero-order valence-corrected chi connectivity index (χ0v) is 9.88. The maximum absolute atomic E-state index is 10.9. The molecule has 5 nitrogen and oxygen atoms in total. The molecule has 0 fully saturated rings. The van der Waals surface area contributed by atoms with E-state index in [9.17, 15) is 8.42 Å². The van der Waals surface area contributed by atoms with Gasteiger partial charge < -0.3 is 15.4 Å². The quantitative estimate of drug-likeness (QED) is 0.596. The van der Waals surface area contributed by atoms with Crippen LogP contribution in [0.4, 0.5) is 0 Å². The predicted molar refractivity (Wildman–Crippen MR) is 57.1 cm³/mol. The maximum atomic E-state index is 10.9. The molecule has 0 spiro atoms. The van der Waals surface area contributed by atoms with Crippen LogP contribution in [0.25, 0.3) is 0 Å². The number of sulfone groups is 1. The highest BCUT2D eigenvalue weighted by Gasteiger charge is 2.09. The number of methoxy groups -OCH3 is 1. The fraction of sp³-hybridized carbons (Fsp3) is 1.00. The average molecular weight is 224 g/mol. The summed E-state index contributed by atoms with van der Waals surface area (Å²) in [7, 11) is 0.561. The molecule has 1 atom stereocenters. The van der Waals surface area contributed by atoms with Crippen LogP contribution in [0.2, 0.25) is 0 Å². The van der Waals surface area contributed by atoms with Crippen molar-refractivity contribution in [1.82, 2.24) is 4.90 Å². The van der Waals surface area contributed by atoms with E-state index in [0.717, 1.165) is 0 Å². The van der Waals surface area contributed by atoms with Crippen molar-refractivity contribution >= 4 is 9.84 Å². The SMILES string of the molecule is COCC(N)CN(C)CCS(C)(=O)=O. The molecule has 0 aromatic carbocycles. The summed E-state index contributed by atoms with van der Waals surface area (Å²) in [5, 5.41) is 0. The lowest BCUT2D eigenvalue weighted by molar-refractivity contribution is 0.163. The fourth-order valence-corrected chi connectivity index (χ4v) is 1.72. The molecule has 2 N–H and O–H groups in total. The lowest BCUT2D eigenvalue weighted by atomic mass is 10.3. The van der Waals surface area contributed by atoms with Gasteiger partial charge in [0.2, 0.25) is 0 Å². The van der Waals surface area contributed by atoms with Gasteiger partial charge in [-0.1, -0.05) is 0 Å². The van der Waals surface area contributed by atoms with Gasteiger partial charge in [0, 0.05) is 32.5 Å². The Kier molecular flexibility index (Phi) is 6.26. The number of nitrogens with zero attached hydrogens (tertiary/aromatic N) is 1. The lowest BCUT2D eigenvalue weighted by Crippen LogP contribution is -2.40. The first-order valence-electron chi connectivity index (χ1n) is 4.46. The summed E-state index contributed by atoms with van der Waals surface area (Å²) in [5.74, 6) is 0.170. The standard InChI is InChI=1S/C8H20N2O3S/c1-10(4-5-14(3,11)12)6-8(9)7-13-2/h8H,4-7,9H2,1-3H3. The molecule has 0 aliphatic carbocycles. The Morgan fingerprint density at radius 1 is 1.50 bits per heavy atom. The van der Waals surface area contributed by atoms with Crippen LogP contribution in [0, 0.1) is 0 Å². The van der Waals surface area contributed by atoms with Crippen molar-refractivity contribution in [3.63, 3.8) is 0 Å². The molecule has 0 saturated carbocycles. The van der Waals surface area contributed by atoms with E-state index in [-0.39, 0.29) is 11.8 Å². The first kappa shape index (κ1) is 13.8. The summed E-state index contributed by atoms with van der Waals surface area (Å²) < 4.78 is 26.6. The van der Waals surface area contributed by atoms with Crippen molar-refractivity contribution in [3.05, 3.63) is 0 Å². The molecule has 1 unspecified atom stereocenters. The highest BCUT2D eigenvalue weighted by molar-refractivity contribution is 7.90. The fourth-order valence-electron chi connectivity index (χ4n) is 1.08. The molecule has 0 bridgehead atoms. The largest absolute Gasteiger partial charge is 0.383 e. The monoisotopic (exact) mass is 224 g/mol. The van der Waals surface area contributed by atoms with E-state index in [2.05, 4.69) is 0 Å². The van der Waals surface area contributed by atoms with Gasteiger partial charge in [-0.2, -0.15) is 0 Å². The Labute approximate surface area is 86.1 Å². The van der Waals surface area contributed by atoms with Crippen molar-refractivity contribution in [3.8, 4) is 0 Å². The number of hydrogen-bond acceptors (Lipinski definition) is 5. The van der Waals surface area contributed by atoms with Gasteiger partial charge >= 0.3 is 0 Å². The smallest absolute Gasteiger partial charge is 0.148 e. The number of nitrogens with two attached hydrogens (primary N) is 1. The van der Waals surface area contributed by atoms with Gasteiger partial charge in [-0.25, -0.2) is 8.42 Å². The van der Waals surface area contributed by atoms with Crippen molar-refractivity contribution in [2.45, 2.75) is 6.04 Å². The molecule has 0 rings (SSSR count).